The van der Waals surface area contributed by atoms with Gasteiger partial charge in [0.05, 0.1) is 25.5 Å². The van der Waals surface area contributed by atoms with Gasteiger partial charge in [-0.25, -0.2) is 4.98 Å². The molecule has 7 heteroatoms. The van der Waals surface area contributed by atoms with Crippen molar-refractivity contribution in [3.63, 3.8) is 0 Å². The molecule has 0 bridgehead atoms. The molecule has 2 rings (SSSR count). The standard InChI is InChI=1S/C19H35N5OS/c1-14(2)15(24-7-9-25-10-8-24)11-21-18(20-6)22-12-17-23-16(13-26-17)19(3,4)5/h13-15H,7-12H2,1-6H3,(H2,20,21,22). The highest BCUT2D eigenvalue weighted by Crippen LogP contribution is 2.23. The second kappa shape index (κ2) is 9.67. The Balaban J connectivity index is 1.85. The summed E-state index contributed by atoms with van der Waals surface area (Å²) in [5.41, 5.74) is 1.24. The summed E-state index contributed by atoms with van der Waals surface area (Å²) in [5.74, 6) is 1.41. The van der Waals surface area contributed by atoms with Crippen LogP contribution in [0.1, 0.15) is 45.3 Å². The molecule has 1 unspecified atom stereocenters. The number of rotatable bonds is 6. The maximum absolute atomic E-state index is 5.49. The monoisotopic (exact) mass is 381 g/mol. The smallest absolute Gasteiger partial charge is 0.191 e. The number of guanidine groups is 1. The van der Waals surface area contributed by atoms with Crippen molar-refractivity contribution in [3.8, 4) is 0 Å². The van der Waals surface area contributed by atoms with Crippen molar-refractivity contribution >= 4 is 17.3 Å². The summed E-state index contributed by atoms with van der Waals surface area (Å²) in [6, 6.07) is 0.477. The van der Waals surface area contributed by atoms with Gasteiger partial charge in [-0.2, -0.15) is 0 Å². The number of thiazole rings is 1. The molecule has 1 aliphatic rings. The zero-order chi connectivity index (χ0) is 19.2. The van der Waals surface area contributed by atoms with Gasteiger partial charge in [0.15, 0.2) is 5.96 Å². The molecular weight excluding hydrogens is 346 g/mol. The van der Waals surface area contributed by atoms with E-state index in [1.807, 2.05) is 7.05 Å². The summed E-state index contributed by atoms with van der Waals surface area (Å²) in [7, 11) is 1.82. The minimum absolute atomic E-state index is 0.0946. The molecule has 0 aromatic carbocycles. The molecule has 148 valence electrons. The van der Waals surface area contributed by atoms with Gasteiger partial charge >= 0.3 is 0 Å². The highest BCUT2D eigenvalue weighted by molar-refractivity contribution is 7.09. The second-order valence-corrected chi connectivity index (χ2v) is 9.09. The van der Waals surface area contributed by atoms with Gasteiger partial charge < -0.3 is 15.4 Å². The summed E-state index contributed by atoms with van der Waals surface area (Å²) >= 11 is 1.70. The molecule has 1 aromatic heterocycles. The Morgan fingerprint density at radius 3 is 2.54 bits per heavy atom. The van der Waals surface area contributed by atoms with Gasteiger partial charge in [-0.05, 0) is 5.92 Å². The molecule has 0 aliphatic carbocycles. The SMILES string of the molecule is CN=C(NCc1nc(C(C)(C)C)cs1)NCC(C(C)C)N1CCOCC1. The number of ether oxygens (including phenoxy) is 1. The van der Waals surface area contributed by atoms with E-state index in [0.717, 1.165) is 49.5 Å². The fourth-order valence-electron chi connectivity index (χ4n) is 3.01. The summed E-state index contributed by atoms with van der Waals surface area (Å²) in [6.45, 7) is 16.4. The molecule has 2 N–H and O–H groups in total. The number of nitrogens with one attached hydrogen (secondary N) is 2. The van der Waals surface area contributed by atoms with E-state index in [1.54, 1.807) is 11.3 Å². The summed E-state index contributed by atoms with van der Waals surface area (Å²) in [5, 5.41) is 10.1. The second-order valence-electron chi connectivity index (χ2n) is 8.14. The van der Waals surface area contributed by atoms with E-state index in [9.17, 15) is 0 Å². The lowest BCUT2D eigenvalue weighted by atomic mass is 9.93. The van der Waals surface area contributed by atoms with E-state index in [1.165, 1.54) is 0 Å². The quantitative estimate of drug-likeness (QED) is 0.585. The molecule has 0 radical (unpaired) electrons. The highest BCUT2D eigenvalue weighted by atomic mass is 32.1. The van der Waals surface area contributed by atoms with E-state index < -0.39 is 0 Å². The van der Waals surface area contributed by atoms with E-state index in [0.29, 0.717) is 18.5 Å². The predicted molar refractivity (Wildman–Crippen MR) is 110 cm³/mol. The van der Waals surface area contributed by atoms with Crippen molar-refractivity contribution in [2.45, 2.75) is 52.6 Å². The molecule has 1 saturated heterocycles. The molecule has 1 atom stereocenters. The fourth-order valence-corrected chi connectivity index (χ4v) is 3.97. The Labute approximate surface area is 162 Å². The number of aliphatic imine (C=N–C) groups is 1. The first kappa shape index (κ1) is 21.1. The largest absolute Gasteiger partial charge is 0.379 e. The van der Waals surface area contributed by atoms with Crippen molar-refractivity contribution < 1.29 is 4.74 Å². The lowest BCUT2D eigenvalue weighted by Crippen LogP contribution is -2.52. The van der Waals surface area contributed by atoms with E-state index >= 15 is 0 Å². The van der Waals surface area contributed by atoms with Crippen LogP contribution in [0.3, 0.4) is 0 Å². The van der Waals surface area contributed by atoms with E-state index in [-0.39, 0.29) is 5.41 Å². The third kappa shape index (κ3) is 6.21. The van der Waals surface area contributed by atoms with Crippen molar-refractivity contribution in [1.29, 1.82) is 0 Å². The number of nitrogens with zero attached hydrogens (tertiary/aromatic N) is 3. The van der Waals surface area contributed by atoms with Gasteiger partial charge in [-0.1, -0.05) is 34.6 Å². The molecule has 0 spiro atoms. The van der Waals surface area contributed by atoms with Gasteiger partial charge in [0.2, 0.25) is 0 Å². The lowest BCUT2D eigenvalue weighted by Gasteiger charge is -2.37. The Morgan fingerprint density at radius 1 is 1.31 bits per heavy atom. The Kier molecular flexibility index (Phi) is 7.85. The molecule has 1 aliphatic heterocycles. The van der Waals surface area contributed by atoms with Gasteiger partial charge in [0.25, 0.3) is 0 Å². The highest BCUT2D eigenvalue weighted by Gasteiger charge is 2.24. The lowest BCUT2D eigenvalue weighted by molar-refractivity contribution is 0.00752. The van der Waals surface area contributed by atoms with Crippen LogP contribution in [0, 0.1) is 5.92 Å². The molecular formula is C19H35N5OS. The normalized spacial score (nSPS) is 18.2. The van der Waals surface area contributed by atoms with Crippen LogP contribution in [-0.2, 0) is 16.7 Å². The zero-order valence-electron chi connectivity index (χ0n) is 17.1. The van der Waals surface area contributed by atoms with Gasteiger partial charge in [0, 0.05) is 43.5 Å². The first-order valence-corrected chi connectivity index (χ1v) is 10.4. The third-order valence-electron chi connectivity index (χ3n) is 4.71. The van der Waals surface area contributed by atoms with Crippen LogP contribution in [0.2, 0.25) is 0 Å². The summed E-state index contributed by atoms with van der Waals surface area (Å²) in [4.78, 5) is 11.6. The summed E-state index contributed by atoms with van der Waals surface area (Å²) in [6.07, 6.45) is 0. The van der Waals surface area contributed by atoms with Crippen molar-refractivity contribution in [3.05, 3.63) is 16.1 Å². The minimum Gasteiger partial charge on any atom is -0.379 e. The molecule has 2 heterocycles. The minimum atomic E-state index is 0.0946. The fraction of sp³-hybridized carbons (Fsp3) is 0.789. The molecule has 1 fully saturated rings. The number of hydrogen-bond acceptors (Lipinski definition) is 5. The van der Waals surface area contributed by atoms with E-state index in [2.05, 4.69) is 60.5 Å². The molecule has 6 nitrogen and oxygen atoms in total. The van der Waals surface area contributed by atoms with Crippen LogP contribution < -0.4 is 10.6 Å². The first-order chi connectivity index (χ1) is 12.3. The van der Waals surface area contributed by atoms with E-state index in [4.69, 9.17) is 9.72 Å². The summed E-state index contributed by atoms with van der Waals surface area (Å²) < 4.78 is 5.49. The van der Waals surface area contributed by atoms with Crippen molar-refractivity contribution in [2.75, 3.05) is 39.9 Å². The van der Waals surface area contributed by atoms with Crippen LogP contribution in [0.5, 0.6) is 0 Å². The topological polar surface area (TPSA) is 61.8 Å². The first-order valence-electron chi connectivity index (χ1n) is 9.52. The van der Waals surface area contributed by atoms with Gasteiger partial charge in [0.1, 0.15) is 5.01 Å². The number of morpholine rings is 1. The molecule has 1 aromatic rings. The zero-order valence-corrected chi connectivity index (χ0v) is 17.9. The van der Waals surface area contributed by atoms with Crippen LogP contribution in [-0.4, -0.2) is 61.8 Å². The number of hydrogen-bond donors (Lipinski definition) is 2. The van der Waals surface area contributed by atoms with Crippen LogP contribution in [0.4, 0.5) is 0 Å². The Morgan fingerprint density at radius 2 is 2.00 bits per heavy atom. The Hall–Kier alpha value is -1.18. The van der Waals surface area contributed by atoms with Gasteiger partial charge in [-0.15, -0.1) is 11.3 Å². The maximum atomic E-state index is 5.49. The third-order valence-corrected chi connectivity index (χ3v) is 5.56. The van der Waals surface area contributed by atoms with Crippen LogP contribution in [0.15, 0.2) is 10.4 Å². The average Bonchev–Trinajstić information content (AvgIpc) is 3.08. The van der Waals surface area contributed by atoms with Crippen LogP contribution >= 0.6 is 11.3 Å². The molecule has 26 heavy (non-hydrogen) atoms. The van der Waals surface area contributed by atoms with Crippen molar-refractivity contribution in [2.24, 2.45) is 10.9 Å². The number of aromatic nitrogens is 1. The Bertz CT molecular complexity index is 573. The maximum Gasteiger partial charge on any atom is 0.191 e. The molecule has 0 saturated carbocycles. The predicted octanol–water partition coefficient (Wildman–Crippen LogP) is 2.46. The average molecular weight is 382 g/mol. The van der Waals surface area contributed by atoms with Crippen LogP contribution in [0.25, 0.3) is 0 Å². The molecule has 0 amide bonds. The van der Waals surface area contributed by atoms with Gasteiger partial charge in [-0.3, -0.25) is 9.89 Å². The van der Waals surface area contributed by atoms with Crippen molar-refractivity contribution in [1.82, 2.24) is 20.5 Å².